The van der Waals surface area contributed by atoms with E-state index < -0.39 is 10.0 Å². The molecule has 0 saturated heterocycles. The molecular formula is C18H21ClN2O3S. The molecule has 0 atom stereocenters. The lowest BCUT2D eigenvalue weighted by atomic mass is 10.1. The maximum absolute atomic E-state index is 12.3. The zero-order valence-corrected chi connectivity index (χ0v) is 15.7. The molecule has 25 heavy (non-hydrogen) atoms. The standard InChI is InChI=1S/C18H21ClN2O3S/c1-13(2)10-11-20-25(23,24)17-5-3-4-14(12-17)18(22)21-16-8-6-15(19)7-9-16/h3-9,12-13,20H,10-11H2,1-2H3,(H,21,22). The summed E-state index contributed by atoms with van der Waals surface area (Å²) >= 11 is 5.81. The fraction of sp³-hybridized carbons (Fsp3) is 0.278. The van der Waals surface area contributed by atoms with E-state index in [-0.39, 0.29) is 16.4 Å². The normalized spacial score (nSPS) is 11.5. The van der Waals surface area contributed by atoms with Gasteiger partial charge in [-0.05, 0) is 54.8 Å². The highest BCUT2D eigenvalue weighted by molar-refractivity contribution is 7.89. The van der Waals surface area contributed by atoms with Crippen molar-refractivity contribution in [2.75, 3.05) is 11.9 Å². The second-order valence-electron chi connectivity index (χ2n) is 6.07. The fourth-order valence-corrected chi connectivity index (χ4v) is 3.33. The third-order valence-corrected chi connectivity index (χ3v) is 5.23. The first-order valence-electron chi connectivity index (χ1n) is 7.94. The molecule has 1 amide bonds. The Balaban J connectivity index is 2.11. The van der Waals surface area contributed by atoms with Gasteiger partial charge in [0.15, 0.2) is 0 Å². The fourth-order valence-electron chi connectivity index (χ4n) is 2.11. The second-order valence-corrected chi connectivity index (χ2v) is 8.27. The van der Waals surface area contributed by atoms with Gasteiger partial charge in [0, 0.05) is 22.8 Å². The summed E-state index contributed by atoms with van der Waals surface area (Å²) in [6.07, 6.45) is 0.746. The summed E-state index contributed by atoms with van der Waals surface area (Å²) in [5.41, 5.74) is 0.847. The molecule has 0 radical (unpaired) electrons. The largest absolute Gasteiger partial charge is 0.322 e. The third kappa shape index (κ3) is 5.85. The molecule has 0 saturated carbocycles. The van der Waals surface area contributed by atoms with Crippen LogP contribution in [0.4, 0.5) is 5.69 Å². The summed E-state index contributed by atoms with van der Waals surface area (Å²) in [5, 5.41) is 3.28. The Hall–Kier alpha value is -1.89. The number of benzene rings is 2. The van der Waals surface area contributed by atoms with Crippen LogP contribution in [0.1, 0.15) is 30.6 Å². The molecule has 2 aromatic rings. The van der Waals surface area contributed by atoms with Crippen LogP contribution in [-0.4, -0.2) is 20.9 Å². The average molecular weight is 381 g/mol. The molecule has 2 aromatic carbocycles. The summed E-state index contributed by atoms with van der Waals surface area (Å²) < 4.78 is 27.2. The first kappa shape index (κ1) is 19.4. The van der Waals surface area contributed by atoms with Crippen LogP contribution in [0.2, 0.25) is 5.02 Å². The van der Waals surface area contributed by atoms with Gasteiger partial charge in [-0.2, -0.15) is 0 Å². The first-order valence-corrected chi connectivity index (χ1v) is 9.81. The van der Waals surface area contributed by atoms with Crippen molar-refractivity contribution in [2.24, 2.45) is 5.92 Å². The SMILES string of the molecule is CC(C)CCNS(=O)(=O)c1cccc(C(=O)Nc2ccc(Cl)cc2)c1. The molecule has 0 fully saturated rings. The van der Waals surface area contributed by atoms with Gasteiger partial charge in [0.05, 0.1) is 4.90 Å². The highest BCUT2D eigenvalue weighted by Crippen LogP contribution is 2.16. The van der Waals surface area contributed by atoms with E-state index >= 15 is 0 Å². The molecule has 0 unspecified atom stereocenters. The van der Waals surface area contributed by atoms with Crippen LogP contribution in [0.25, 0.3) is 0 Å². The van der Waals surface area contributed by atoms with Crippen LogP contribution in [0, 0.1) is 5.92 Å². The lowest BCUT2D eigenvalue weighted by Gasteiger charge is -2.10. The van der Waals surface area contributed by atoms with Crippen LogP contribution >= 0.6 is 11.6 Å². The monoisotopic (exact) mass is 380 g/mol. The van der Waals surface area contributed by atoms with Gasteiger partial charge in [-0.25, -0.2) is 13.1 Å². The summed E-state index contributed by atoms with van der Waals surface area (Å²) in [4.78, 5) is 12.4. The van der Waals surface area contributed by atoms with Gasteiger partial charge >= 0.3 is 0 Å². The van der Waals surface area contributed by atoms with E-state index in [0.29, 0.717) is 23.2 Å². The van der Waals surface area contributed by atoms with Crippen molar-refractivity contribution in [1.29, 1.82) is 0 Å². The molecular weight excluding hydrogens is 360 g/mol. The van der Waals surface area contributed by atoms with E-state index in [1.165, 1.54) is 12.1 Å². The van der Waals surface area contributed by atoms with Crippen molar-refractivity contribution in [3.63, 3.8) is 0 Å². The van der Waals surface area contributed by atoms with Gasteiger partial charge in [0.1, 0.15) is 0 Å². The van der Waals surface area contributed by atoms with E-state index in [9.17, 15) is 13.2 Å². The molecule has 0 spiro atoms. The lowest BCUT2D eigenvalue weighted by molar-refractivity contribution is 0.102. The van der Waals surface area contributed by atoms with Crippen LogP contribution < -0.4 is 10.0 Å². The van der Waals surface area contributed by atoms with Crippen LogP contribution in [0.15, 0.2) is 53.4 Å². The van der Waals surface area contributed by atoms with E-state index in [2.05, 4.69) is 10.0 Å². The summed E-state index contributed by atoms with van der Waals surface area (Å²) in [7, 11) is -3.64. The first-order chi connectivity index (χ1) is 11.8. The maximum atomic E-state index is 12.3. The molecule has 7 heteroatoms. The predicted octanol–water partition coefficient (Wildman–Crippen LogP) is 3.92. The maximum Gasteiger partial charge on any atom is 0.255 e. The van der Waals surface area contributed by atoms with Gasteiger partial charge in [-0.1, -0.05) is 31.5 Å². The Morgan fingerprint density at radius 1 is 1.12 bits per heavy atom. The average Bonchev–Trinajstić information content (AvgIpc) is 2.56. The van der Waals surface area contributed by atoms with Crippen LogP contribution in [0.3, 0.4) is 0 Å². The molecule has 0 heterocycles. The Bertz CT molecular complexity index is 834. The zero-order valence-electron chi connectivity index (χ0n) is 14.1. The minimum atomic E-state index is -3.64. The molecule has 5 nitrogen and oxygen atoms in total. The number of carbonyl (C=O) groups excluding carboxylic acids is 1. The Kier molecular flexibility index (Phi) is 6.58. The quantitative estimate of drug-likeness (QED) is 0.764. The Morgan fingerprint density at radius 3 is 2.44 bits per heavy atom. The van der Waals surface area contributed by atoms with Crippen molar-refractivity contribution in [2.45, 2.75) is 25.2 Å². The van der Waals surface area contributed by atoms with Crippen LogP contribution in [-0.2, 0) is 10.0 Å². The van der Waals surface area contributed by atoms with E-state index in [0.717, 1.165) is 6.42 Å². The highest BCUT2D eigenvalue weighted by atomic mass is 35.5. The van der Waals surface area contributed by atoms with E-state index in [1.54, 1.807) is 36.4 Å². The van der Waals surface area contributed by atoms with Crippen LogP contribution in [0.5, 0.6) is 0 Å². The zero-order chi connectivity index (χ0) is 18.4. The van der Waals surface area contributed by atoms with Crippen molar-refractivity contribution >= 4 is 33.2 Å². The van der Waals surface area contributed by atoms with Crippen molar-refractivity contribution in [1.82, 2.24) is 4.72 Å². The van der Waals surface area contributed by atoms with Gasteiger partial charge < -0.3 is 5.32 Å². The second kappa shape index (κ2) is 8.47. The number of sulfonamides is 1. The molecule has 0 bridgehead atoms. The number of amides is 1. The minimum absolute atomic E-state index is 0.0695. The smallest absolute Gasteiger partial charge is 0.255 e. The Labute approximate surface area is 153 Å². The molecule has 2 rings (SSSR count). The summed E-state index contributed by atoms with van der Waals surface area (Å²) in [6.45, 7) is 4.41. The number of rotatable bonds is 7. The summed E-state index contributed by atoms with van der Waals surface area (Å²) in [5.74, 6) is 0.0146. The molecule has 0 aliphatic carbocycles. The van der Waals surface area contributed by atoms with Gasteiger partial charge in [-0.15, -0.1) is 0 Å². The van der Waals surface area contributed by atoms with E-state index in [1.807, 2.05) is 13.8 Å². The number of hydrogen-bond donors (Lipinski definition) is 2. The number of nitrogens with one attached hydrogen (secondary N) is 2. The molecule has 0 aliphatic rings. The molecule has 134 valence electrons. The Morgan fingerprint density at radius 2 is 1.80 bits per heavy atom. The number of hydrogen-bond acceptors (Lipinski definition) is 3. The molecule has 2 N–H and O–H groups in total. The van der Waals surface area contributed by atoms with Crippen molar-refractivity contribution < 1.29 is 13.2 Å². The topological polar surface area (TPSA) is 75.3 Å². The van der Waals surface area contributed by atoms with Crippen molar-refractivity contribution in [3.05, 3.63) is 59.1 Å². The molecule has 0 aromatic heterocycles. The highest BCUT2D eigenvalue weighted by Gasteiger charge is 2.16. The lowest BCUT2D eigenvalue weighted by Crippen LogP contribution is -2.26. The minimum Gasteiger partial charge on any atom is -0.322 e. The number of halogens is 1. The predicted molar refractivity (Wildman–Crippen MR) is 100 cm³/mol. The summed E-state index contributed by atoms with van der Waals surface area (Å²) in [6, 6.07) is 12.6. The number of anilines is 1. The van der Waals surface area contributed by atoms with E-state index in [4.69, 9.17) is 11.6 Å². The van der Waals surface area contributed by atoms with Gasteiger partial charge in [0.25, 0.3) is 5.91 Å². The number of carbonyl (C=O) groups is 1. The van der Waals surface area contributed by atoms with Crippen molar-refractivity contribution in [3.8, 4) is 0 Å². The third-order valence-electron chi connectivity index (χ3n) is 3.52. The van der Waals surface area contributed by atoms with Gasteiger partial charge in [-0.3, -0.25) is 4.79 Å². The van der Waals surface area contributed by atoms with Gasteiger partial charge in [0.2, 0.25) is 10.0 Å². The molecule has 0 aliphatic heterocycles.